The molecule has 2 N–H and O–H groups in total. The topological polar surface area (TPSA) is 43.8 Å². The normalized spacial score (nSPS) is 11.3. The molecule has 0 saturated carbocycles. The van der Waals surface area contributed by atoms with Crippen LogP contribution in [0.4, 0.5) is 10.3 Å². The second-order valence-electron chi connectivity index (χ2n) is 4.26. The number of hydrogen-bond acceptors (Lipinski definition) is 3. The average Bonchev–Trinajstić information content (AvgIpc) is 2.96. The van der Waals surface area contributed by atoms with Gasteiger partial charge in [-0.1, -0.05) is 11.6 Å². The number of aryl methyl sites for hydroxylation is 2. The number of halogens is 2. The number of nitrogen functional groups attached to an aromatic ring is 1. The second-order valence-corrected chi connectivity index (χ2v) is 5.45. The molecular formula is C13H11ClFN3S. The zero-order valence-corrected chi connectivity index (χ0v) is 11.5. The van der Waals surface area contributed by atoms with E-state index < -0.39 is 5.82 Å². The quantitative estimate of drug-likeness (QED) is 0.800. The summed E-state index contributed by atoms with van der Waals surface area (Å²) in [5.74, 6) is -0.0939. The van der Waals surface area contributed by atoms with Crippen molar-refractivity contribution >= 4 is 39.9 Å². The minimum atomic E-state index is -0.475. The van der Waals surface area contributed by atoms with Crippen molar-refractivity contribution in [3.8, 4) is 0 Å². The van der Waals surface area contributed by atoms with Gasteiger partial charge in [-0.2, -0.15) is 11.3 Å². The zero-order chi connectivity index (χ0) is 13.4. The third kappa shape index (κ3) is 2.31. The fourth-order valence-electron chi connectivity index (χ4n) is 2.05. The van der Waals surface area contributed by atoms with Crippen molar-refractivity contribution in [3.05, 3.63) is 45.4 Å². The molecule has 0 radical (unpaired) electrons. The van der Waals surface area contributed by atoms with E-state index in [9.17, 15) is 4.39 Å². The summed E-state index contributed by atoms with van der Waals surface area (Å²) in [7, 11) is 0. The van der Waals surface area contributed by atoms with Crippen LogP contribution < -0.4 is 5.73 Å². The molecule has 2 aromatic heterocycles. The highest BCUT2D eigenvalue weighted by molar-refractivity contribution is 7.07. The van der Waals surface area contributed by atoms with Gasteiger partial charge in [0.25, 0.3) is 0 Å². The van der Waals surface area contributed by atoms with Crippen molar-refractivity contribution < 1.29 is 4.39 Å². The number of thiophene rings is 1. The molecular weight excluding hydrogens is 285 g/mol. The third-order valence-electron chi connectivity index (χ3n) is 3.02. The monoisotopic (exact) mass is 295 g/mol. The molecule has 3 rings (SSSR count). The molecule has 0 amide bonds. The van der Waals surface area contributed by atoms with Gasteiger partial charge >= 0.3 is 0 Å². The summed E-state index contributed by atoms with van der Waals surface area (Å²) < 4.78 is 15.2. The Labute approximate surface area is 118 Å². The Morgan fingerprint density at radius 2 is 2.26 bits per heavy atom. The van der Waals surface area contributed by atoms with E-state index in [1.54, 1.807) is 17.4 Å². The Morgan fingerprint density at radius 1 is 1.42 bits per heavy atom. The Morgan fingerprint density at radius 3 is 3.00 bits per heavy atom. The van der Waals surface area contributed by atoms with Gasteiger partial charge in [0, 0.05) is 12.6 Å². The summed E-state index contributed by atoms with van der Waals surface area (Å²) in [4.78, 5) is 4.16. The molecule has 2 heterocycles. The van der Waals surface area contributed by atoms with Crippen LogP contribution >= 0.6 is 22.9 Å². The molecule has 98 valence electrons. The summed E-state index contributed by atoms with van der Waals surface area (Å²) in [6.07, 6.45) is 0.855. The van der Waals surface area contributed by atoms with Gasteiger partial charge < -0.3 is 10.3 Å². The number of anilines is 1. The number of rotatable bonds is 3. The van der Waals surface area contributed by atoms with Crippen LogP contribution in [0.15, 0.2) is 29.0 Å². The van der Waals surface area contributed by atoms with Crippen molar-refractivity contribution in [1.82, 2.24) is 9.55 Å². The van der Waals surface area contributed by atoms with E-state index in [-0.39, 0.29) is 5.02 Å². The first-order chi connectivity index (χ1) is 9.15. The van der Waals surface area contributed by atoms with Gasteiger partial charge in [0.05, 0.1) is 16.1 Å². The lowest BCUT2D eigenvalue weighted by Gasteiger charge is -2.05. The van der Waals surface area contributed by atoms with E-state index in [1.165, 1.54) is 11.6 Å². The number of fused-ring (bicyclic) bond motifs is 1. The lowest BCUT2D eigenvalue weighted by molar-refractivity contribution is 0.629. The van der Waals surface area contributed by atoms with E-state index in [0.717, 1.165) is 11.9 Å². The molecule has 0 spiro atoms. The van der Waals surface area contributed by atoms with E-state index in [4.69, 9.17) is 17.3 Å². The Hall–Kier alpha value is -1.59. The van der Waals surface area contributed by atoms with Crippen molar-refractivity contribution in [2.75, 3.05) is 5.73 Å². The van der Waals surface area contributed by atoms with Gasteiger partial charge in [0.2, 0.25) is 5.95 Å². The molecule has 0 bridgehead atoms. The molecule has 0 unspecified atom stereocenters. The SMILES string of the molecule is Nc1nc2cc(F)c(Cl)cc2n1CCc1ccsc1. The van der Waals surface area contributed by atoms with Crippen LogP contribution in [0.3, 0.4) is 0 Å². The smallest absolute Gasteiger partial charge is 0.201 e. The van der Waals surface area contributed by atoms with E-state index in [0.29, 0.717) is 18.0 Å². The minimum absolute atomic E-state index is 0.0872. The molecule has 0 saturated heterocycles. The van der Waals surface area contributed by atoms with Crippen LogP contribution in [0.5, 0.6) is 0 Å². The zero-order valence-electron chi connectivity index (χ0n) is 9.94. The largest absolute Gasteiger partial charge is 0.369 e. The molecule has 19 heavy (non-hydrogen) atoms. The third-order valence-corrected chi connectivity index (χ3v) is 4.05. The predicted octanol–water partition coefficient (Wildman–Crippen LogP) is 3.72. The summed E-state index contributed by atoms with van der Waals surface area (Å²) in [5.41, 5.74) is 8.43. The van der Waals surface area contributed by atoms with Gasteiger partial charge in [-0.25, -0.2) is 9.37 Å². The van der Waals surface area contributed by atoms with Crippen molar-refractivity contribution in [3.63, 3.8) is 0 Å². The molecule has 6 heteroatoms. The fourth-order valence-corrected chi connectivity index (χ4v) is 2.91. The first-order valence-electron chi connectivity index (χ1n) is 5.77. The summed E-state index contributed by atoms with van der Waals surface area (Å²) in [6, 6.07) is 4.96. The highest BCUT2D eigenvalue weighted by atomic mass is 35.5. The molecule has 0 atom stereocenters. The van der Waals surface area contributed by atoms with Gasteiger partial charge in [0.15, 0.2) is 0 Å². The highest BCUT2D eigenvalue weighted by Crippen LogP contribution is 2.25. The van der Waals surface area contributed by atoms with Crippen LogP contribution in [0.25, 0.3) is 11.0 Å². The highest BCUT2D eigenvalue weighted by Gasteiger charge is 2.11. The summed E-state index contributed by atoms with van der Waals surface area (Å²) in [6.45, 7) is 0.695. The van der Waals surface area contributed by atoms with Crippen LogP contribution in [0, 0.1) is 5.82 Å². The van der Waals surface area contributed by atoms with Gasteiger partial charge in [-0.15, -0.1) is 0 Å². The van der Waals surface area contributed by atoms with Crippen molar-refractivity contribution in [2.24, 2.45) is 0 Å². The Bertz CT molecular complexity index is 721. The van der Waals surface area contributed by atoms with E-state index in [1.807, 2.05) is 9.95 Å². The predicted molar refractivity (Wildman–Crippen MR) is 77.1 cm³/mol. The lowest BCUT2D eigenvalue weighted by atomic mass is 10.2. The molecule has 3 nitrogen and oxygen atoms in total. The first-order valence-corrected chi connectivity index (χ1v) is 7.09. The molecule has 0 aliphatic carbocycles. The van der Waals surface area contributed by atoms with Crippen LogP contribution in [0.1, 0.15) is 5.56 Å². The van der Waals surface area contributed by atoms with Crippen LogP contribution in [0.2, 0.25) is 5.02 Å². The summed E-state index contributed by atoms with van der Waals surface area (Å²) >= 11 is 7.48. The molecule has 0 aliphatic heterocycles. The maximum absolute atomic E-state index is 13.4. The van der Waals surface area contributed by atoms with Gasteiger partial charge in [0.1, 0.15) is 5.82 Å². The maximum Gasteiger partial charge on any atom is 0.201 e. The minimum Gasteiger partial charge on any atom is -0.369 e. The number of nitrogens with zero attached hydrogens (tertiary/aromatic N) is 2. The summed E-state index contributed by atoms with van der Waals surface area (Å²) in [5, 5.41) is 4.23. The molecule has 3 aromatic rings. The van der Waals surface area contributed by atoms with Gasteiger partial charge in [-0.3, -0.25) is 0 Å². The number of imidazole rings is 1. The number of hydrogen-bond donors (Lipinski definition) is 1. The lowest BCUT2D eigenvalue weighted by Crippen LogP contribution is -2.05. The van der Waals surface area contributed by atoms with Crippen molar-refractivity contribution in [1.29, 1.82) is 0 Å². The van der Waals surface area contributed by atoms with Crippen LogP contribution in [-0.2, 0) is 13.0 Å². The molecule has 0 aliphatic rings. The Kier molecular flexibility index (Phi) is 3.16. The Balaban J connectivity index is 1.98. The fraction of sp³-hybridized carbons (Fsp3) is 0.154. The van der Waals surface area contributed by atoms with E-state index in [2.05, 4.69) is 16.4 Å². The van der Waals surface area contributed by atoms with Crippen LogP contribution in [-0.4, -0.2) is 9.55 Å². The number of benzene rings is 1. The van der Waals surface area contributed by atoms with Crippen molar-refractivity contribution in [2.45, 2.75) is 13.0 Å². The maximum atomic E-state index is 13.4. The number of aromatic nitrogens is 2. The molecule has 0 fully saturated rings. The van der Waals surface area contributed by atoms with E-state index >= 15 is 0 Å². The second kappa shape index (κ2) is 4.83. The standard InChI is InChI=1S/C13H11ClFN3S/c14-9-5-12-11(6-10(9)15)17-13(16)18(12)3-1-8-2-4-19-7-8/h2,4-7H,1,3H2,(H2,16,17). The molecule has 1 aromatic carbocycles. The first kappa shape index (κ1) is 12.4. The van der Waals surface area contributed by atoms with Gasteiger partial charge in [-0.05, 0) is 34.9 Å². The number of nitrogens with two attached hydrogens (primary N) is 1. The average molecular weight is 296 g/mol.